The van der Waals surface area contributed by atoms with E-state index in [-0.39, 0.29) is 11.5 Å². The van der Waals surface area contributed by atoms with Crippen LogP contribution in [0.25, 0.3) is 0 Å². The topological polar surface area (TPSA) is 102 Å². The first-order valence-electron chi connectivity index (χ1n) is 8.13. The van der Waals surface area contributed by atoms with Gasteiger partial charge >= 0.3 is 0 Å². The monoisotopic (exact) mass is 364 g/mol. The van der Waals surface area contributed by atoms with Gasteiger partial charge in [0.05, 0.1) is 4.90 Å². The third-order valence-electron chi connectivity index (χ3n) is 3.64. The average Bonchev–Trinajstić information content (AvgIpc) is 2.60. The van der Waals surface area contributed by atoms with E-state index in [0.717, 1.165) is 30.7 Å². The molecule has 7 heteroatoms. The van der Waals surface area contributed by atoms with E-state index < -0.39 is 16.1 Å². The normalized spacial score (nSPS) is 12.7. The van der Waals surface area contributed by atoms with E-state index in [4.69, 9.17) is 9.88 Å². The molecule has 0 fully saturated rings. The number of aliphatic hydroxyl groups is 1. The molecule has 0 saturated carbocycles. The predicted molar refractivity (Wildman–Crippen MR) is 96.9 cm³/mol. The van der Waals surface area contributed by atoms with E-state index in [2.05, 4.69) is 5.32 Å². The molecule has 6 nitrogen and oxygen atoms in total. The van der Waals surface area contributed by atoms with Crippen LogP contribution in [0.4, 0.5) is 0 Å². The number of ether oxygens (including phenoxy) is 1. The lowest BCUT2D eigenvalue weighted by Crippen LogP contribution is -2.32. The number of hydrogen-bond donors (Lipinski definition) is 3. The molecule has 0 radical (unpaired) electrons. The molecule has 1 atom stereocenters. The number of nitrogens with one attached hydrogen (secondary N) is 1. The molecule has 0 aromatic heterocycles. The van der Waals surface area contributed by atoms with Crippen molar-refractivity contribution in [1.82, 2.24) is 5.32 Å². The lowest BCUT2D eigenvalue weighted by Gasteiger charge is -2.13. The molecule has 0 aliphatic rings. The number of benzene rings is 2. The minimum Gasteiger partial charge on any atom is -0.491 e. The number of aryl methyl sites for hydroxylation is 1. The lowest BCUT2D eigenvalue weighted by molar-refractivity contribution is 0.106. The van der Waals surface area contributed by atoms with Crippen molar-refractivity contribution in [3.05, 3.63) is 60.2 Å². The molecule has 4 N–H and O–H groups in total. The third kappa shape index (κ3) is 7.23. The van der Waals surface area contributed by atoms with Gasteiger partial charge in [-0.15, -0.1) is 0 Å². The summed E-state index contributed by atoms with van der Waals surface area (Å²) in [5.74, 6) is 0.740. The SMILES string of the molecule is NS(=O)(=O)c1ccc(CCCNCC(O)COc2ccccc2)cc1. The summed E-state index contributed by atoms with van der Waals surface area (Å²) < 4.78 is 27.9. The number of nitrogens with two attached hydrogens (primary N) is 1. The fourth-order valence-electron chi connectivity index (χ4n) is 2.30. The second-order valence-corrected chi connectivity index (χ2v) is 7.34. The molecule has 0 saturated heterocycles. The zero-order valence-corrected chi connectivity index (χ0v) is 14.8. The van der Waals surface area contributed by atoms with Gasteiger partial charge in [-0.05, 0) is 49.2 Å². The molecule has 2 rings (SSSR count). The first-order chi connectivity index (χ1) is 11.9. The minimum atomic E-state index is -3.64. The van der Waals surface area contributed by atoms with Crippen LogP contribution in [0.3, 0.4) is 0 Å². The van der Waals surface area contributed by atoms with E-state index in [1.54, 1.807) is 12.1 Å². The van der Waals surface area contributed by atoms with Crippen LogP contribution in [0.5, 0.6) is 5.75 Å². The summed E-state index contributed by atoms with van der Waals surface area (Å²) in [6, 6.07) is 15.9. The Hall–Kier alpha value is -1.93. The van der Waals surface area contributed by atoms with Gasteiger partial charge in [0.25, 0.3) is 0 Å². The van der Waals surface area contributed by atoms with Gasteiger partial charge < -0.3 is 15.2 Å². The van der Waals surface area contributed by atoms with Crippen LogP contribution in [-0.2, 0) is 16.4 Å². The zero-order chi connectivity index (χ0) is 18.1. The van der Waals surface area contributed by atoms with E-state index in [9.17, 15) is 13.5 Å². The second-order valence-electron chi connectivity index (χ2n) is 5.77. The fraction of sp³-hybridized carbons (Fsp3) is 0.333. The van der Waals surface area contributed by atoms with Gasteiger partial charge in [0.1, 0.15) is 18.5 Å². The molecule has 0 aliphatic carbocycles. The predicted octanol–water partition coefficient (Wildman–Crippen LogP) is 1.30. The van der Waals surface area contributed by atoms with Gasteiger partial charge in [-0.3, -0.25) is 0 Å². The summed E-state index contributed by atoms with van der Waals surface area (Å²) in [7, 11) is -3.64. The Morgan fingerprint density at radius 2 is 1.76 bits per heavy atom. The molecule has 0 amide bonds. The molecule has 1 unspecified atom stereocenters. The van der Waals surface area contributed by atoms with Crippen molar-refractivity contribution in [2.75, 3.05) is 19.7 Å². The Kier molecular flexibility index (Phi) is 7.39. The van der Waals surface area contributed by atoms with Crippen LogP contribution in [0, 0.1) is 0 Å². The molecule has 0 spiro atoms. The molecule has 2 aromatic carbocycles. The Morgan fingerprint density at radius 3 is 2.40 bits per heavy atom. The van der Waals surface area contributed by atoms with Crippen molar-refractivity contribution in [3.63, 3.8) is 0 Å². The van der Waals surface area contributed by atoms with Gasteiger partial charge in [0.15, 0.2) is 0 Å². The van der Waals surface area contributed by atoms with Crippen LogP contribution >= 0.6 is 0 Å². The van der Waals surface area contributed by atoms with Gasteiger partial charge in [-0.1, -0.05) is 30.3 Å². The average molecular weight is 364 g/mol. The summed E-state index contributed by atoms with van der Waals surface area (Å²) in [4.78, 5) is 0.121. The molecule has 25 heavy (non-hydrogen) atoms. The molecule has 0 bridgehead atoms. The Balaban J connectivity index is 1.60. The highest BCUT2D eigenvalue weighted by Gasteiger charge is 2.07. The van der Waals surface area contributed by atoms with Crippen molar-refractivity contribution in [2.45, 2.75) is 23.8 Å². The molecule has 0 aliphatic heterocycles. The highest BCUT2D eigenvalue weighted by atomic mass is 32.2. The Morgan fingerprint density at radius 1 is 1.08 bits per heavy atom. The largest absolute Gasteiger partial charge is 0.491 e. The quantitative estimate of drug-likeness (QED) is 0.552. The first kappa shape index (κ1) is 19.4. The van der Waals surface area contributed by atoms with Crippen LogP contribution < -0.4 is 15.2 Å². The molecular formula is C18H24N2O4S. The van der Waals surface area contributed by atoms with E-state index >= 15 is 0 Å². The van der Waals surface area contributed by atoms with E-state index in [1.807, 2.05) is 30.3 Å². The maximum absolute atomic E-state index is 11.2. The van der Waals surface area contributed by atoms with Crippen LogP contribution in [0.1, 0.15) is 12.0 Å². The van der Waals surface area contributed by atoms with Crippen LogP contribution in [-0.4, -0.2) is 39.3 Å². The van der Waals surface area contributed by atoms with E-state index in [1.165, 1.54) is 12.1 Å². The lowest BCUT2D eigenvalue weighted by atomic mass is 10.1. The van der Waals surface area contributed by atoms with Gasteiger partial charge in [0, 0.05) is 6.54 Å². The van der Waals surface area contributed by atoms with E-state index in [0.29, 0.717) is 6.54 Å². The molecule has 136 valence electrons. The number of aliphatic hydroxyl groups excluding tert-OH is 1. The fourth-order valence-corrected chi connectivity index (χ4v) is 2.82. The minimum absolute atomic E-state index is 0.121. The summed E-state index contributed by atoms with van der Waals surface area (Å²) in [6.45, 7) is 1.45. The van der Waals surface area contributed by atoms with Crippen molar-refractivity contribution >= 4 is 10.0 Å². The van der Waals surface area contributed by atoms with Crippen LogP contribution in [0.2, 0.25) is 0 Å². The molecule has 2 aromatic rings. The highest BCUT2D eigenvalue weighted by Crippen LogP contribution is 2.10. The highest BCUT2D eigenvalue weighted by molar-refractivity contribution is 7.89. The summed E-state index contributed by atoms with van der Waals surface area (Å²) >= 11 is 0. The summed E-state index contributed by atoms with van der Waals surface area (Å²) in [5, 5.41) is 18.1. The number of para-hydroxylation sites is 1. The zero-order valence-electron chi connectivity index (χ0n) is 14.0. The van der Waals surface area contributed by atoms with Crippen LogP contribution in [0.15, 0.2) is 59.5 Å². The van der Waals surface area contributed by atoms with Gasteiger partial charge in [0.2, 0.25) is 10.0 Å². The third-order valence-corrected chi connectivity index (χ3v) is 4.57. The molecule has 0 heterocycles. The van der Waals surface area contributed by atoms with Gasteiger partial charge in [-0.25, -0.2) is 13.6 Å². The summed E-state index contributed by atoms with van der Waals surface area (Å²) in [6.07, 6.45) is 1.12. The van der Waals surface area contributed by atoms with Crippen molar-refractivity contribution in [2.24, 2.45) is 5.14 Å². The van der Waals surface area contributed by atoms with Gasteiger partial charge in [-0.2, -0.15) is 0 Å². The van der Waals surface area contributed by atoms with Crippen molar-refractivity contribution < 1.29 is 18.3 Å². The number of hydrogen-bond acceptors (Lipinski definition) is 5. The standard InChI is InChI=1S/C18H24N2O4S/c19-25(22,23)18-10-8-15(9-11-18)5-4-12-20-13-16(21)14-24-17-6-2-1-3-7-17/h1-3,6-11,16,20-21H,4-5,12-14H2,(H2,19,22,23). The Bertz CT molecular complexity index is 733. The maximum Gasteiger partial charge on any atom is 0.238 e. The van der Waals surface area contributed by atoms with Crippen molar-refractivity contribution in [1.29, 1.82) is 0 Å². The Labute approximate surface area is 148 Å². The summed E-state index contributed by atoms with van der Waals surface area (Å²) in [5.41, 5.74) is 1.04. The maximum atomic E-state index is 11.2. The van der Waals surface area contributed by atoms with Crippen molar-refractivity contribution in [3.8, 4) is 5.75 Å². The second kappa shape index (κ2) is 9.53. The smallest absolute Gasteiger partial charge is 0.238 e. The number of rotatable bonds is 10. The number of primary sulfonamides is 1. The molecular weight excluding hydrogens is 340 g/mol. The first-order valence-corrected chi connectivity index (χ1v) is 9.68. The number of sulfonamides is 1.